The lowest BCUT2D eigenvalue weighted by atomic mass is 9.79. The normalized spacial score (nSPS) is 13.7. The number of nitrogens with one attached hydrogen (secondary N) is 2. The summed E-state index contributed by atoms with van der Waals surface area (Å²) in [6.07, 6.45) is 3.90. The fourth-order valence-electron chi connectivity index (χ4n) is 3.76. The molecule has 1 rings (SSSR count). The number of carbonyl (C=O) groups is 3. The molecule has 1 amide bonds. The van der Waals surface area contributed by atoms with Crippen LogP contribution >= 0.6 is 0 Å². The second-order valence-electron chi connectivity index (χ2n) is 10.3. The van der Waals surface area contributed by atoms with E-state index in [0.717, 1.165) is 24.2 Å². The number of ether oxygens (including phenoxy) is 4. The van der Waals surface area contributed by atoms with E-state index in [4.69, 9.17) is 18.9 Å². The molecular formula is C28H46N2O7. The van der Waals surface area contributed by atoms with Crippen LogP contribution in [0.3, 0.4) is 0 Å². The van der Waals surface area contributed by atoms with Crippen LogP contribution in [0.1, 0.15) is 78.7 Å². The quantitative estimate of drug-likeness (QED) is 0.185. The Hall–Kier alpha value is -2.81. The van der Waals surface area contributed by atoms with Gasteiger partial charge in [-0.3, -0.25) is 9.59 Å². The molecule has 0 aliphatic heterocycles. The molecule has 1 unspecified atom stereocenters. The summed E-state index contributed by atoms with van der Waals surface area (Å²) in [6.45, 7) is 10.9. The summed E-state index contributed by atoms with van der Waals surface area (Å²) in [5.41, 5.74) is -0.638. The molecule has 0 aliphatic rings. The number of alkyl carbamates (subject to hydrolysis) is 1. The Kier molecular flexibility index (Phi) is 14.0. The first-order valence-corrected chi connectivity index (χ1v) is 13.1. The van der Waals surface area contributed by atoms with Crippen LogP contribution < -0.4 is 15.4 Å². The Balaban J connectivity index is 2.67. The molecule has 0 aliphatic carbocycles. The van der Waals surface area contributed by atoms with Gasteiger partial charge in [0.25, 0.3) is 0 Å². The van der Waals surface area contributed by atoms with Crippen molar-refractivity contribution in [1.82, 2.24) is 10.6 Å². The van der Waals surface area contributed by atoms with E-state index >= 15 is 0 Å². The zero-order valence-corrected chi connectivity index (χ0v) is 23.6. The van der Waals surface area contributed by atoms with Gasteiger partial charge >= 0.3 is 18.0 Å². The lowest BCUT2D eigenvalue weighted by Gasteiger charge is -2.28. The number of benzene rings is 1. The van der Waals surface area contributed by atoms with Gasteiger partial charge in [-0.05, 0) is 84.0 Å². The van der Waals surface area contributed by atoms with Crippen molar-refractivity contribution in [2.75, 3.05) is 33.9 Å². The van der Waals surface area contributed by atoms with Gasteiger partial charge in [-0.15, -0.1) is 0 Å². The van der Waals surface area contributed by atoms with Gasteiger partial charge < -0.3 is 29.6 Å². The van der Waals surface area contributed by atoms with Crippen molar-refractivity contribution in [2.24, 2.45) is 0 Å². The topological polar surface area (TPSA) is 112 Å². The molecule has 0 spiro atoms. The van der Waals surface area contributed by atoms with Crippen molar-refractivity contribution < 1.29 is 33.3 Å². The van der Waals surface area contributed by atoms with Gasteiger partial charge in [0.15, 0.2) is 0 Å². The van der Waals surface area contributed by atoms with Gasteiger partial charge in [-0.1, -0.05) is 25.5 Å². The number of hydrogen-bond donors (Lipinski definition) is 2. The summed E-state index contributed by atoms with van der Waals surface area (Å²) in [6, 6.07) is 6.97. The number of unbranched alkanes of at least 4 members (excludes halogenated alkanes) is 2. The molecule has 9 nitrogen and oxygen atoms in total. The summed E-state index contributed by atoms with van der Waals surface area (Å²) in [5, 5.41) is 5.95. The van der Waals surface area contributed by atoms with Crippen LogP contribution in [0.2, 0.25) is 0 Å². The van der Waals surface area contributed by atoms with Crippen LogP contribution in [0.15, 0.2) is 24.3 Å². The van der Waals surface area contributed by atoms with Gasteiger partial charge in [-0.25, -0.2) is 4.79 Å². The predicted octanol–water partition coefficient (Wildman–Crippen LogP) is 4.51. The van der Waals surface area contributed by atoms with Crippen molar-refractivity contribution in [2.45, 2.75) is 90.2 Å². The third-order valence-corrected chi connectivity index (χ3v) is 5.98. The van der Waals surface area contributed by atoms with Gasteiger partial charge in [0.2, 0.25) is 0 Å². The minimum atomic E-state index is -0.901. The summed E-state index contributed by atoms with van der Waals surface area (Å²) in [5.74, 6) is 0.0414. The first kappa shape index (κ1) is 32.2. The molecule has 0 radical (unpaired) electrons. The van der Waals surface area contributed by atoms with E-state index in [1.165, 1.54) is 14.2 Å². The molecule has 0 saturated heterocycles. The first-order valence-electron chi connectivity index (χ1n) is 13.1. The number of carbonyl (C=O) groups excluding carboxylic acids is 3. The van der Waals surface area contributed by atoms with Crippen LogP contribution in [0.4, 0.5) is 4.79 Å². The number of amides is 1. The highest BCUT2D eigenvalue weighted by Gasteiger charge is 2.36. The van der Waals surface area contributed by atoms with E-state index in [1.807, 2.05) is 52.0 Å². The molecule has 2 atom stereocenters. The number of esters is 2. The van der Waals surface area contributed by atoms with E-state index in [-0.39, 0.29) is 11.9 Å². The van der Waals surface area contributed by atoms with Gasteiger partial charge in [0, 0.05) is 6.54 Å². The van der Waals surface area contributed by atoms with Crippen molar-refractivity contribution >= 4 is 18.0 Å². The number of methoxy groups -OCH3 is 2. The highest BCUT2D eigenvalue weighted by Crippen LogP contribution is 2.30. The van der Waals surface area contributed by atoms with E-state index in [2.05, 4.69) is 17.6 Å². The number of rotatable bonds is 16. The van der Waals surface area contributed by atoms with Crippen LogP contribution in [0, 0.1) is 0 Å². The second-order valence-corrected chi connectivity index (χ2v) is 10.3. The average molecular weight is 523 g/mol. The summed E-state index contributed by atoms with van der Waals surface area (Å²) >= 11 is 0. The average Bonchev–Trinajstić information content (AvgIpc) is 2.85. The molecule has 0 bridgehead atoms. The molecule has 9 heteroatoms. The fraction of sp³-hybridized carbons (Fsp3) is 0.679. The standard InChI is InChI=1S/C28H46N2O7/c1-8-9-20-36-22-15-13-21(14-16-22)28(5,25(32)35-7)17-19-29-23(24(31)34-6)12-10-11-18-30-26(33)37-27(2,3)4/h13-16,23,29H,8-12,17-20H2,1-7H3,(H,30,33)/t23-,28?/m1/s1. The fourth-order valence-corrected chi connectivity index (χ4v) is 3.76. The Morgan fingerprint density at radius 1 is 0.919 bits per heavy atom. The lowest BCUT2D eigenvalue weighted by molar-refractivity contribution is -0.147. The van der Waals surface area contributed by atoms with Crippen LogP contribution in [0.25, 0.3) is 0 Å². The van der Waals surface area contributed by atoms with Crippen molar-refractivity contribution in [1.29, 1.82) is 0 Å². The minimum Gasteiger partial charge on any atom is -0.494 e. The highest BCUT2D eigenvalue weighted by molar-refractivity contribution is 5.82. The van der Waals surface area contributed by atoms with E-state index in [9.17, 15) is 14.4 Å². The van der Waals surface area contributed by atoms with E-state index in [0.29, 0.717) is 45.4 Å². The SMILES string of the molecule is CCCCOc1ccc(C(C)(CCN[C@H](CCCCNC(=O)OC(C)(C)C)C(=O)OC)C(=O)OC)cc1. The molecule has 0 saturated carbocycles. The monoisotopic (exact) mass is 522 g/mol. The van der Waals surface area contributed by atoms with E-state index in [1.54, 1.807) is 0 Å². The molecule has 1 aromatic carbocycles. The molecule has 0 aromatic heterocycles. The molecular weight excluding hydrogens is 476 g/mol. The third-order valence-electron chi connectivity index (χ3n) is 5.98. The molecule has 2 N–H and O–H groups in total. The third kappa shape index (κ3) is 11.9. The molecule has 0 fully saturated rings. The maximum atomic E-state index is 12.8. The van der Waals surface area contributed by atoms with Gasteiger partial charge in [0.1, 0.15) is 17.4 Å². The van der Waals surface area contributed by atoms with Crippen molar-refractivity contribution in [3.05, 3.63) is 29.8 Å². The molecule has 37 heavy (non-hydrogen) atoms. The largest absolute Gasteiger partial charge is 0.494 e. The van der Waals surface area contributed by atoms with Gasteiger partial charge in [-0.2, -0.15) is 0 Å². The smallest absolute Gasteiger partial charge is 0.407 e. The van der Waals surface area contributed by atoms with Gasteiger partial charge in [0.05, 0.1) is 26.2 Å². The maximum absolute atomic E-state index is 12.8. The van der Waals surface area contributed by atoms with Crippen LogP contribution in [-0.2, 0) is 29.2 Å². The Bertz CT molecular complexity index is 836. The minimum absolute atomic E-state index is 0.350. The number of hydrogen-bond acceptors (Lipinski definition) is 8. The van der Waals surface area contributed by atoms with Crippen LogP contribution in [0.5, 0.6) is 5.75 Å². The second kappa shape index (κ2) is 16.1. The Morgan fingerprint density at radius 3 is 2.16 bits per heavy atom. The Labute approximate surface area is 221 Å². The molecule has 0 heterocycles. The molecule has 1 aromatic rings. The summed E-state index contributed by atoms with van der Waals surface area (Å²) < 4.78 is 21.0. The van der Waals surface area contributed by atoms with Crippen molar-refractivity contribution in [3.8, 4) is 5.75 Å². The Morgan fingerprint density at radius 2 is 1.59 bits per heavy atom. The first-order chi connectivity index (χ1) is 17.5. The predicted molar refractivity (Wildman–Crippen MR) is 143 cm³/mol. The maximum Gasteiger partial charge on any atom is 0.407 e. The highest BCUT2D eigenvalue weighted by atomic mass is 16.6. The lowest BCUT2D eigenvalue weighted by Crippen LogP contribution is -2.42. The summed E-state index contributed by atoms with van der Waals surface area (Å²) in [7, 11) is 2.72. The zero-order chi connectivity index (χ0) is 27.9. The van der Waals surface area contributed by atoms with Crippen molar-refractivity contribution in [3.63, 3.8) is 0 Å². The van der Waals surface area contributed by atoms with Crippen LogP contribution in [-0.4, -0.2) is 63.6 Å². The summed E-state index contributed by atoms with van der Waals surface area (Å²) in [4.78, 5) is 36.8. The van der Waals surface area contributed by atoms with E-state index < -0.39 is 23.2 Å². The molecule has 210 valence electrons. The zero-order valence-electron chi connectivity index (χ0n) is 23.6.